The van der Waals surface area contributed by atoms with E-state index < -0.39 is 17.9 Å². The van der Waals surface area contributed by atoms with E-state index >= 15 is 0 Å². The van der Waals surface area contributed by atoms with Gasteiger partial charge < -0.3 is 15.2 Å². The first-order chi connectivity index (χ1) is 9.73. The number of hydrogen-bond acceptors (Lipinski definition) is 3. The van der Waals surface area contributed by atoms with Gasteiger partial charge >= 0.3 is 5.97 Å². The van der Waals surface area contributed by atoms with Crippen molar-refractivity contribution < 1.29 is 19.4 Å². The minimum absolute atomic E-state index is 0.186. The normalized spacial score (nSPS) is 12.1. The van der Waals surface area contributed by atoms with E-state index in [1.807, 2.05) is 32.9 Å². The fourth-order valence-corrected chi connectivity index (χ4v) is 2.01. The highest BCUT2D eigenvalue weighted by Gasteiger charge is 2.23. The second-order valence-electron chi connectivity index (χ2n) is 5.57. The Morgan fingerprint density at radius 1 is 1.19 bits per heavy atom. The zero-order valence-electron chi connectivity index (χ0n) is 13.2. The maximum atomic E-state index is 11.8. The molecule has 0 aromatic heterocycles. The largest absolute Gasteiger partial charge is 0.483 e. The molecule has 0 heterocycles. The molecule has 0 saturated carbocycles. The number of carboxylic acid groups (broad SMARTS) is 1. The van der Waals surface area contributed by atoms with Crippen molar-refractivity contribution in [3.05, 3.63) is 28.8 Å². The molecule has 1 aromatic rings. The van der Waals surface area contributed by atoms with Crippen LogP contribution in [0.4, 0.5) is 0 Å². The van der Waals surface area contributed by atoms with Gasteiger partial charge in [0.05, 0.1) is 0 Å². The Kier molecular flexibility index (Phi) is 5.76. The smallest absolute Gasteiger partial charge is 0.326 e. The number of benzene rings is 1. The lowest BCUT2D eigenvalue weighted by atomic mass is 10.0. The minimum atomic E-state index is -1.04. The molecule has 0 aliphatic rings. The molecule has 0 spiro atoms. The lowest BCUT2D eigenvalue weighted by Crippen LogP contribution is -2.46. The molecule has 0 aliphatic carbocycles. The number of nitrogens with one attached hydrogen (secondary N) is 1. The van der Waals surface area contributed by atoms with E-state index in [1.165, 1.54) is 0 Å². The highest BCUT2D eigenvalue weighted by molar-refractivity contribution is 5.84. The summed E-state index contributed by atoms with van der Waals surface area (Å²) in [7, 11) is 0. The predicted octanol–water partition coefficient (Wildman–Crippen LogP) is 2.22. The van der Waals surface area contributed by atoms with E-state index in [-0.39, 0.29) is 12.5 Å². The van der Waals surface area contributed by atoms with Crippen LogP contribution in [0.3, 0.4) is 0 Å². The molecule has 1 atom stereocenters. The molecule has 0 unspecified atom stereocenters. The molecule has 116 valence electrons. The van der Waals surface area contributed by atoms with Gasteiger partial charge in [-0.1, -0.05) is 26.0 Å². The van der Waals surface area contributed by atoms with Crippen LogP contribution in [0.25, 0.3) is 0 Å². The molecule has 0 bridgehead atoms. The number of rotatable bonds is 6. The van der Waals surface area contributed by atoms with E-state index in [2.05, 4.69) is 5.32 Å². The summed E-state index contributed by atoms with van der Waals surface area (Å²) in [6, 6.07) is 3.03. The molecule has 0 saturated heterocycles. The van der Waals surface area contributed by atoms with Crippen LogP contribution < -0.4 is 10.1 Å². The lowest BCUT2D eigenvalue weighted by Gasteiger charge is -2.19. The Labute approximate surface area is 125 Å². The Morgan fingerprint density at radius 3 is 2.29 bits per heavy atom. The molecule has 1 amide bonds. The molecule has 0 aliphatic heterocycles. The molecule has 5 nitrogen and oxygen atoms in total. The van der Waals surface area contributed by atoms with E-state index in [0.29, 0.717) is 5.75 Å². The summed E-state index contributed by atoms with van der Waals surface area (Å²) in [4.78, 5) is 22.9. The zero-order valence-corrected chi connectivity index (χ0v) is 13.2. The van der Waals surface area contributed by atoms with Crippen LogP contribution in [-0.2, 0) is 9.59 Å². The van der Waals surface area contributed by atoms with Crippen molar-refractivity contribution in [3.63, 3.8) is 0 Å². The van der Waals surface area contributed by atoms with Crippen molar-refractivity contribution in [3.8, 4) is 5.75 Å². The summed E-state index contributed by atoms with van der Waals surface area (Å²) in [5.74, 6) is -0.979. The van der Waals surface area contributed by atoms with Crippen LogP contribution in [-0.4, -0.2) is 29.6 Å². The summed E-state index contributed by atoms with van der Waals surface area (Å²) < 4.78 is 5.57. The van der Waals surface area contributed by atoms with Crippen LogP contribution in [0.15, 0.2) is 12.1 Å². The van der Waals surface area contributed by atoms with Gasteiger partial charge in [0.1, 0.15) is 11.8 Å². The monoisotopic (exact) mass is 293 g/mol. The number of carbonyl (C=O) groups is 2. The van der Waals surface area contributed by atoms with Gasteiger partial charge in [-0.05, 0) is 43.4 Å². The van der Waals surface area contributed by atoms with E-state index in [4.69, 9.17) is 9.84 Å². The van der Waals surface area contributed by atoms with Gasteiger partial charge in [-0.3, -0.25) is 4.79 Å². The van der Waals surface area contributed by atoms with Crippen molar-refractivity contribution in [2.75, 3.05) is 6.61 Å². The Bertz CT molecular complexity index is 537. The SMILES string of the molecule is Cc1ccc(C)c(OCC(=O)N[C@@H](C(=O)O)C(C)C)c1C. The molecular formula is C16H23NO4. The maximum Gasteiger partial charge on any atom is 0.326 e. The average Bonchev–Trinajstić information content (AvgIpc) is 2.39. The summed E-state index contributed by atoms with van der Waals surface area (Å²) in [6.45, 7) is 9.11. The third-order valence-corrected chi connectivity index (χ3v) is 3.47. The van der Waals surface area contributed by atoms with Crippen molar-refractivity contribution in [1.82, 2.24) is 5.32 Å². The molecular weight excluding hydrogens is 270 g/mol. The first kappa shape index (κ1) is 17.0. The highest BCUT2D eigenvalue weighted by atomic mass is 16.5. The number of ether oxygens (including phenoxy) is 1. The topological polar surface area (TPSA) is 75.6 Å². The van der Waals surface area contributed by atoms with Crippen LogP contribution in [0.1, 0.15) is 30.5 Å². The second kappa shape index (κ2) is 7.11. The van der Waals surface area contributed by atoms with Crippen molar-refractivity contribution in [2.24, 2.45) is 5.92 Å². The van der Waals surface area contributed by atoms with Crippen LogP contribution >= 0.6 is 0 Å². The van der Waals surface area contributed by atoms with Crippen LogP contribution in [0.2, 0.25) is 0 Å². The van der Waals surface area contributed by atoms with Crippen LogP contribution in [0.5, 0.6) is 5.75 Å². The molecule has 0 radical (unpaired) electrons. The van der Waals surface area contributed by atoms with Gasteiger partial charge in [-0.25, -0.2) is 4.79 Å². The van der Waals surface area contributed by atoms with Crippen molar-refractivity contribution >= 4 is 11.9 Å². The van der Waals surface area contributed by atoms with E-state index in [1.54, 1.807) is 13.8 Å². The fourth-order valence-electron chi connectivity index (χ4n) is 2.01. The van der Waals surface area contributed by atoms with Gasteiger partial charge in [0.25, 0.3) is 5.91 Å². The summed E-state index contributed by atoms with van der Waals surface area (Å²) in [5.41, 5.74) is 3.02. The van der Waals surface area contributed by atoms with E-state index in [9.17, 15) is 9.59 Å². The van der Waals surface area contributed by atoms with Gasteiger partial charge in [0.2, 0.25) is 0 Å². The molecule has 1 aromatic carbocycles. The van der Waals surface area contributed by atoms with Gasteiger partial charge in [0, 0.05) is 0 Å². The molecule has 5 heteroatoms. The molecule has 2 N–H and O–H groups in total. The average molecular weight is 293 g/mol. The first-order valence-electron chi connectivity index (χ1n) is 6.95. The van der Waals surface area contributed by atoms with Gasteiger partial charge in [0.15, 0.2) is 6.61 Å². The summed E-state index contributed by atoms with van der Waals surface area (Å²) in [5, 5.41) is 11.5. The Balaban J connectivity index is 2.70. The number of aliphatic carboxylic acids is 1. The van der Waals surface area contributed by atoms with E-state index in [0.717, 1.165) is 16.7 Å². The first-order valence-corrected chi connectivity index (χ1v) is 6.95. The number of aryl methyl sites for hydroxylation is 2. The maximum absolute atomic E-state index is 11.8. The van der Waals surface area contributed by atoms with Crippen molar-refractivity contribution in [1.29, 1.82) is 0 Å². The third-order valence-electron chi connectivity index (χ3n) is 3.47. The quantitative estimate of drug-likeness (QED) is 0.843. The standard InChI is InChI=1S/C16H23NO4/c1-9(2)14(16(19)20)17-13(18)8-21-15-11(4)7-6-10(3)12(15)5/h6-7,9,14H,8H2,1-5H3,(H,17,18)(H,19,20)/t14-/m1/s1. The number of amides is 1. The molecule has 21 heavy (non-hydrogen) atoms. The third kappa shape index (κ3) is 4.48. The summed E-state index contributed by atoms with van der Waals surface area (Å²) >= 11 is 0. The van der Waals surface area contributed by atoms with Gasteiger partial charge in [-0.2, -0.15) is 0 Å². The highest BCUT2D eigenvalue weighted by Crippen LogP contribution is 2.25. The second-order valence-corrected chi connectivity index (χ2v) is 5.57. The van der Waals surface area contributed by atoms with Crippen LogP contribution in [0, 0.1) is 26.7 Å². The predicted molar refractivity (Wildman–Crippen MR) is 80.6 cm³/mol. The lowest BCUT2D eigenvalue weighted by molar-refractivity contribution is -0.143. The summed E-state index contributed by atoms with van der Waals surface area (Å²) in [6.07, 6.45) is 0. The van der Waals surface area contributed by atoms with Crippen molar-refractivity contribution in [2.45, 2.75) is 40.7 Å². The minimum Gasteiger partial charge on any atom is -0.483 e. The number of hydrogen-bond donors (Lipinski definition) is 2. The molecule has 0 fully saturated rings. The number of carboxylic acids is 1. The van der Waals surface area contributed by atoms with Gasteiger partial charge in [-0.15, -0.1) is 0 Å². The zero-order chi connectivity index (χ0) is 16.2. The Morgan fingerprint density at radius 2 is 1.76 bits per heavy atom. The Hall–Kier alpha value is -2.04. The molecule has 1 rings (SSSR count). The fraction of sp³-hybridized carbons (Fsp3) is 0.500. The number of carbonyl (C=O) groups excluding carboxylic acids is 1.